The quantitative estimate of drug-likeness (QED) is 0.859. The minimum atomic E-state index is 0.590. The van der Waals surface area contributed by atoms with Gasteiger partial charge in [-0.05, 0) is 61.4 Å². The summed E-state index contributed by atoms with van der Waals surface area (Å²) >= 11 is 6.24. The van der Waals surface area contributed by atoms with Gasteiger partial charge in [0, 0.05) is 17.5 Å². The molecular formula is C16H22ClNO. The number of hydrogen-bond donors (Lipinski definition) is 1. The first-order valence-electron chi connectivity index (χ1n) is 7.45. The molecular weight excluding hydrogens is 258 g/mol. The van der Waals surface area contributed by atoms with Crippen LogP contribution >= 0.6 is 11.6 Å². The number of rotatable bonds is 6. The summed E-state index contributed by atoms with van der Waals surface area (Å²) in [4.78, 5) is 0. The summed E-state index contributed by atoms with van der Waals surface area (Å²) in [6, 6.07) is 4.74. The van der Waals surface area contributed by atoms with Gasteiger partial charge in [-0.3, -0.25) is 0 Å². The molecule has 1 aromatic rings. The Balaban J connectivity index is 1.77. The lowest BCUT2D eigenvalue weighted by molar-refractivity contribution is 0.350. The summed E-state index contributed by atoms with van der Waals surface area (Å²) in [6.45, 7) is 4.13. The van der Waals surface area contributed by atoms with Crippen molar-refractivity contribution in [1.82, 2.24) is 5.32 Å². The Morgan fingerprint density at radius 3 is 3.00 bits per heavy atom. The van der Waals surface area contributed by atoms with E-state index in [1.54, 1.807) is 0 Å². The molecule has 3 rings (SSSR count). The number of hydrogen-bond acceptors (Lipinski definition) is 2. The maximum atomic E-state index is 6.24. The normalized spacial score (nSPS) is 19.1. The van der Waals surface area contributed by atoms with Gasteiger partial charge in [0.05, 0.1) is 6.61 Å². The third-order valence-corrected chi connectivity index (χ3v) is 4.33. The van der Waals surface area contributed by atoms with E-state index in [2.05, 4.69) is 24.4 Å². The van der Waals surface area contributed by atoms with E-state index in [4.69, 9.17) is 16.3 Å². The van der Waals surface area contributed by atoms with E-state index in [9.17, 15) is 0 Å². The smallest absolute Gasteiger partial charge is 0.125 e. The topological polar surface area (TPSA) is 21.3 Å². The lowest BCUT2D eigenvalue weighted by atomic mass is 9.99. The van der Waals surface area contributed by atoms with Crippen LogP contribution in [-0.2, 0) is 12.8 Å². The van der Waals surface area contributed by atoms with Gasteiger partial charge in [-0.15, -0.1) is 0 Å². The van der Waals surface area contributed by atoms with E-state index in [1.807, 2.05) is 0 Å². The number of ether oxygens (including phenoxy) is 1. The molecule has 1 aliphatic heterocycles. The summed E-state index contributed by atoms with van der Waals surface area (Å²) in [6.07, 6.45) is 5.97. The summed E-state index contributed by atoms with van der Waals surface area (Å²) in [5, 5.41) is 4.54. The van der Waals surface area contributed by atoms with Crippen LogP contribution in [0, 0.1) is 5.92 Å². The fourth-order valence-electron chi connectivity index (χ4n) is 2.97. The van der Waals surface area contributed by atoms with Crippen LogP contribution in [0.2, 0.25) is 5.02 Å². The van der Waals surface area contributed by atoms with E-state index in [-0.39, 0.29) is 0 Å². The van der Waals surface area contributed by atoms with Crippen molar-refractivity contribution in [3.05, 3.63) is 28.3 Å². The molecule has 1 aromatic carbocycles. The Hall–Kier alpha value is -0.730. The van der Waals surface area contributed by atoms with Crippen LogP contribution in [-0.4, -0.2) is 19.2 Å². The van der Waals surface area contributed by atoms with Gasteiger partial charge in [0.1, 0.15) is 5.75 Å². The Morgan fingerprint density at radius 2 is 2.26 bits per heavy atom. The van der Waals surface area contributed by atoms with Crippen molar-refractivity contribution >= 4 is 11.6 Å². The van der Waals surface area contributed by atoms with Crippen molar-refractivity contribution in [2.75, 3.05) is 13.2 Å². The van der Waals surface area contributed by atoms with Crippen molar-refractivity contribution in [3.63, 3.8) is 0 Å². The molecule has 2 aliphatic rings. The van der Waals surface area contributed by atoms with Crippen molar-refractivity contribution in [2.24, 2.45) is 5.92 Å². The van der Waals surface area contributed by atoms with Crippen molar-refractivity contribution < 1.29 is 4.74 Å². The molecule has 19 heavy (non-hydrogen) atoms. The van der Waals surface area contributed by atoms with Gasteiger partial charge < -0.3 is 10.1 Å². The molecule has 1 N–H and O–H groups in total. The summed E-state index contributed by atoms with van der Waals surface area (Å²) in [5.41, 5.74) is 2.58. The van der Waals surface area contributed by atoms with Gasteiger partial charge in [-0.25, -0.2) is 0 Å². The fraction of sp³-hybridized carbons (Fsp3) is 0.625. The van der Waals surface area contributed by atoms with Crippen molar-refractivity contribution in [3.8, 4) is 5.75 Å². The van der Waals surface area contributed by atoms with Gasteiger partial charge in [-0.1, -0.05) is 18.5 Å². The van der Waals surface area contributed by atoms with Crippen molar-refractivity contribution in [2.45, 2.75) is 45.1 Å². The zero-order valence-corrected chi connectivity index (χ0v) is 12.3. The molecule has 104 valence electrons. The molecule has 0 aromatic heterocycles. The van der Waals surface area contributed by atoms with E-state index >= 15 is 0 Å². The second-order valence-electron chi connectivity index (χ2n) is 5.75. The van der Waals surface area contributed by atoms with Gasteiger partial charge in [0.15, 0.2) is 0 Å². The Bertz CT molecular complexity index is 456. The number of benzene rings is 1. The molecule has 1 fully saturated rings. The molecule has 1 unspecified atom stereocenters. The Morgan fingerprint density at radius 1 is 1.42 bits per heavy atom. The molecule has 1 aliphatic carbocycles. The molecule has 0 amide bonds. The highest BCUT2D eigenvalue weighted by atomic mass is 35.5. The zero-order valence-electron chi connectivity index (χ0n) is 11.5. The highest BCUT2D eigenvalue weighted by molar-refractivity contribution is 6.30. The second kappa shape index (κ2) is 5.72. The predicted molar refractivity (Wildman–Crippen MR) is 79.2 cm³/mol. The van der Waals surface area contributed by atoms with Gasteiger partial charge in [0.25, 0.3) is 0 Å². The van der Waals surface area contributed by atoms with Crippen LogP contribution < -0.4 is 10.1 Å². The van der Waals surface area contributed by atoms with Crippen LogP contribution in [0.1, 0.15) is 37.3 Å². The van der Waals surface area contributed by atoms with Crippen LogP contribution in [0.15, 0.2) is 12.1 Å². The van der Waals surface area contributed by atoms with Gasteiger partial charge >= 0.3 is 0 Å². The lowest BCUT2D eigenvalue weighted by Crippen LogP contribution is -2.33. The van der Waals surface area contributed by atoms with Crippen LogP contribution in [0.5, 0.6) is 5.75 Å². The van der Waals surface area contributed by atoms with Crippen LogP contribution in [0.3, 0.4) is 0 Å². The average Bonchev–Trinajstić information content (AvgIpc) is 3.13. The van der Waals surface area contributed by atoms with Crippen LogP contribution in [0.25, 0.3) is 0 Å². The average molecular weight is 280 g/mol. The number of halogens is 1. The van der Waals surface area contributed by atoms with E-state index in [1.165, 1.54) is 30.4 Å². The number of nitrogens with one attached hydrogen (secondary N) is 1. The molecule has 1 saturated carbocycles. The molecule has 0 saturated heterocycles. The first-order chi connectivity index (χ1) is 9.28. The van der Waals surface area contributed by atoms with Crippen LogP contribution in [0.4, 0.5) is 0 Å². The summed E-state index contributed by atoms with van der Waals surface area (Å²) < 4.78 is 5.80. The minimum absolute atomic E-state index is 0.590. The lowest BCUT2D eigenvalue weighted by Gasteiger charge is -2.19. The minimum Gasteiger partial charge on any atom is -0.493 e. The van der Waals surface area contributed by atoms with Gasteiger partial charge in [-0.2, -0.15) is 0 Å². The molecule has 0 spiro atoms. The van der Waals surface area contributed by atoms with E-state index in [0.717, 1.165) is 42.7 Å². The molecule has 2 nitrogen and oxygen atoms in total. The fourth-order valence-corrected chi connectivity index (χ4v) is 3.23. The highest BCUT2D eigenvalue weighted by Crippen LogP contribution is 2.38. The monoisotopic (exact) mass is 279 g/mol. The third-order valence-electron chi connectivity index (χ3n) is 4.11. The standard InChI is InChI=1S/C16H22ClNO/c1-2-6-18-15(11-3-4-11)10-13-9-14(17)8-12-5-7-19-16(12)13/h8-9,11,15,18H,2-7,10H2,1H3. The molecule has 1 heterocycles. The molecule has 0 radical (unpaired) electrons. The number of fused-ring (bicyclic) bond motifs is 1. The summed E-state index contributed by atoms with van der Waals surface area (Å²) in [7, 11) is 0. The Labute approximate surface area is 120 Å². The summed E-state index contributed by atoms with van der Waals surface area (Å²) in [5.74, 6) is 1.95. The largest absolute Gasteiger partial charge is 0.493 e. The van der Waals surface area contributed by atoms with E-state index in [0.29, 0.717) is 6.04 Å². The predicted octanol–water partition coefficient (Wildman–Crippen LogP) is 3.60. The van der Waals surface area contributed by atoms with Gasteiger partial charge in [0.2, 0.25) is 0 Å². The Kier molecular flexibility index (Phi) is 3.99. The first-order valence-corrected chi connectivity index (χ1v) is 7.83. The molecule has 1 atom stereocenters. The SMILES string of the molecule is CCCNC(Cc1cc(Cl)cc2c1OCC2)C1CC1. The maximum Gasteiger partial charge on any atom is 0.125 e. The highest BCUT2D eigenvalue weighted by Gasteiger charge is 2.32. The molecule has 0 bridgehead atoms. The second-order valence-corrected chi connectivity index (χ2v) is 6.19. The first kappa shape index (κ1) is 13.3. The third kappa shape index (κ3) is 3.06. The zero-order chi connectivity index (χ0) is 13.2. The van der Waals surface area contributed by atoms with E-state index < -0.39 is 0 Å². The van der Waals surface area contributed by atoms with Crippen molar-refractivity contribution in [1.29, 1.82) is 0 Å². The maximum absolute atomic E-state index is 6.24. The molecule has 3 heteroatoms.